The molecule has 2 rings (SSSR count). The van der Waals surface area contributed by atoms with Crippen molar-refractivity contribution in [2.75, 3.05) is 6.61 Å². The van der Waals surface area contributed by atoms with Crippen LogP contribution in [-0.2, 0) is 11.2 Å². The second-order valence-corrected chi connectivity index (χ2v) is 5.31. The second kappa shape index (κ2) is 7.94. The number of benzene rings is 1. The van der Waals surface area contributed by atoms with E-state index in [1.165, 1.54) is 17.1 Å². The summed E-state index contributed by atoms with van der Waals surface area (Å²) in [7, 11) is 0. The van der Waals surface area contributed by atoms with Gasteiger partial charge >= 0.3 is 0 Å². The van der Waals surface area contributed by atoms with Crippen LogP contribution in [-0.4, -0.2) is 6.61 Å². The van der Waals surface area contributed by atoms with Crippen molar-refractivity contribution in [3.8, 4) is 0 Å². The minimum Gasteiger partial charge on any atom is -0.494 e. The number of aryl methyl sites for hydroxylation is 1. The van der Waals surface area contributed by atoms with Gasteiger partial charge in [0, 0.05) is 12.3 Å². The molecule has 0 saturated heterocycles. The van der Waals surface area contributed by atoms with E-state index in [-0.39, 0.29) is 0 Å². The molecule has 0 saturated carbocycles. The molecule has 1 heteroatoms. The normalized spacial score (nSPS) is 14.8. The molecule has 0 unspecified atom stereocenters. The zero-order chi connectivity index (χ0) is 14.2. The van der Waals surface area contributed by atoms with Crippen LogP contribution < -0.4 is 0 Å². The summed E-state index contributed by atoms with van der Waals surface area (Å²) in [5, 5.41) is 0. The third-order valence-electron chi connectivity index (χ3n) is 3.82. The average Bonchev–Trinajstić information content (AvgIpc) is 2.51. The summed E-state index contributed by atoms with van der Waals surface area (Å²) in [6.07, 6.45) is 9.97. The first kappa shape index (κ1) is 14.9. The van der Waals surface area contributed by atoms with Gasteiger partial charge in [-0.05, 0) is 42.9 Å². The summed E-state index contributed by atoms with van der Waals surface area (Å²) in [6, 6.07) is 10.7. The zero-order valence-corrected chi connectivity index (χ0v) is 12.7. The maximum atomic E-state index is 5.84. The van der Waals surface area contributed by atoms with Gasteiger partial charge in [-0.1, -0.05) is 50.3 Å². The molecule has 0 fully saturated rings. The molecule has 0 aromatic heterocycles. The first-order chi connectivity index (χ1) is 9.83. The number of allylic oxidation sites excluding steroid dienone is 3. The van der Waals surface area contributed by atoms with E-state index < -0.39 is 0 Å². The minimum atomic E-state index is 0.754. The van der Waals surface area contributed by atoms with Crippen LogP contribution in [0.15, 0.2) is 53.8 Å². The Morgan fingerprint density at radius 2 is 1.85 bits per heavy atom. The van der Waals surface area contributed by atoms with Crippen LogP contribution in [0.25, 0.3) is 0 Å². The Kier molecular flexibility index (Phi) is 5.91. The maximum Gasteiger partial charge on any atom is 0.110 e. The third-order valence-corrected chi connectivity index (χ3v) is 3.82. The highest BCUT2D eigenvalue weighted by molar-refractivity contribution is 5.32. The fourth-order valence-corrected chi connectivity index (χ4v) is 2.59. The van der Waals surface area contributed by atoms with Gasteiger partial charge in [0.05, 0.1) is 5.76 Å². The second-order valence-electron chi connectivity index (χ2n) is 5.31. The van der Waals surface area contributed by atoms with Crippen molar-refractivity contribution < 1.29 is 4.74 Å². The molecule has 0 amide bonds. The van der Waals surface area contributed by atoms with Crippen LogP contribution in [0.5, 0.6) is 0 Å². The molecule has 0 atom stereocenters. The van der Waals surface area contributed by atoms with E-state index in [0.29, 0.717) is 0 Å². The van der Waals surface area contributed by atoms with Gasteiger partial charge in [-0.3, -0.25) is 0 Å². The Morgan fingerprint density at radius 1 is 1.05 bits per heavy atom. The lowest BCUT2D eigenvalue weighted by Crippen LogP contribution is -2.11. The van der Waals surface area contributed by atoms with E-state index in [4.69, 9.17) is 4.74 Å². The monoisotopic (exact) mass is 269 g/mol. The summed E-state index contributed by atoms with van der Waals surface area (Å²) >= 11 is 0. The van der Waals surface area contributed by atoms with E-state index in [1.54, 1.807) is 0 Å². The Labute approximate surface area is 123 Å². The third kappa shape index (κ3) is 4.26. The summed E-state index contributed by atoms with van der Waals surface area (Å²) in [4.78, 5) is 0. The van der Waals surface area contributed by atoms with Crippen molar-refractivity contribution in [2.24, 2.45) is 0 Å². The van der Waals surface area contributed by atoms with Gasteiger partial charge in [-0.25, -0.2) is 0 Å². The van der Waals surface area contributed by atoms with Crippen molar-refractivity contribution in [2.45, 2.75) is 46.0 Å². The van der Waals surface area contributed by atoms with Crippen molar-refractivity contribution in [1.29, 1.82) is 0 Å². The van der Waals surface area contributed by atoms with Crippen LogP contribution in [0.1, 0.15) is 45.1 Å². The highest BCUT2D eigenvalue weighted by Crippen LogP contribution is 2.28. The van der Waals surface area contributed by atoms with E-state index in [1.807, 2.05) is 0 Å². The number of hydrogen-bond acceptors (Lipinski definition) is 1. The summed E-state index contributed by atoms with van der Waals surface area (Å²) in [5.41, 5.74) is 2.79. The Bertz CT molecular complexity index is 456. The molecular weight excluding hydrogens is 244 g/mol. The van der Waals surface area contributed by atoms with Gasteiger partial charge in [0.15, 0.2) is 0 Å². The number of rotatable bonds is 7. The lowest BCUT2D eigenvalue weighted by Gasteiger charge is -2.22. The quantitative estimate of drug-likeness (QED) is 0.657. The van der Waals surface area contributed by atoms with Crippen LogP contribution >= 0.6 is 0 Å². The first-order valence-electron chi connectivity index (χ1n) is 7.75. The molecule has 1 aromatic carbocycles. The molecule has 1 radical (unpaired) electrons. The Hall–Kier alpha value is -1.50. The molecule has 1 heterocycles. The molecule has 1 aliphatic rings. The predicted octanol–water partition coefficient (Wildman–Crippen LogP) is 5.24. The van der Waals surface area contributed by atoms with Gasteiger partial charge in [0.25, 0.3) is 0 Å². The molecule has 1 nitrogen and oxygen atoms in total. The average molecular weight is 269 g/mol. The first-order valence-corrected chi connectivity index (χ1v) is 7.75. The van der Waals surface area contributed by atoms with Crippen molar-refractivity contribution in [3.63, 3.8) is 0 Å². The predicted molar refractivity (Wildman–Crippen MR) is 85.3 cm³/mol. The molecule has 1 aliphatic heterocycles. The molecule has 0 spiro atoms. The fourth-order valence-electron chi connectivity index (χ4n) is 2.59. The van der Waals surface area contributed by atoms with Crippen molar-refractivity contribution in [1.82, 2.24) is 0 Å². The standard InChI is InChI=1S/C19H25O/c1-3-8-19-14-13-18(15-20-19)17(4-2)12-11-16-9-6-5-7-10-16/h5-7,9-10,13-14H,3-4,8,11-12,15H2,1-2H3. The van der Waals surface area contributed by atoms with Crippen LogP contribution in [0.2, 0.25) is 0 Å². The highest BCUT2D eigenvalue weighted by Gasteiger charge is 2.16. The molecule has 1 aromatic rings. The van der Waals surface area contributed by atoms with Crippen LogP contribution in [0.3, 0.4) is 0 Å². The largest absolute Gasteiger partial charge is 0.494 e. The number of hydrogen-bond donors (Lipinski definition) is 0. The van der Waals surface area contributed by atoms with E-state index in [2.05, 4.69) is 56.3 Å². The topological polar surface area (TPSA) is 9.23 Å². The summed E-state index contributed by atoms with van der Waals surface area (Å²) in [6.45, 7) is 5.18. The fraction of sp³-hybridized carbons (Fsp3) is 0.421. The molecule has 0 bridgehead atoms. The van der Waals surface area contributed by atoms with Crippen LogP contribution in [0, 0.1) is 5.92 Å². The summed E-state index contributed by atoms with van der Waals surface area (Å²) < 4.78 is 5.84. The highest BCUT2D eigenvalue weighted by atomic mass is 16.5. The van der Waals surface area contributed by atoms with E-state index >= 15 is 0 Å². The maximum absolute atomic E-state index is 5.84. The smallest absolute Gasteiger partial charge is 0.110 e. The van der Waals surface area contributed by atoms with Crippen LogP contribution in [0.4, 0.5) is 0 Å². The van der Waals surface area contributed by atoms with E-state index in [9.17, 15) is 0 Å². The van der Waals surface area contributed by atoms with Gasteiger partial charge in [0.2, 0.25) is 0 Å². The molecular formula is C19H25O. The molecule has 0 aliphatic carbocycles. The Morgan fingerprint density at radius 3 is 2.45 bits per heavy atom. The van der Waals surface area contributed by atoms with Gasteiger partial charge in [0.1, 0.15) is 6.61 Å². The zero-order valence-electron chi connectivity index (χ0n) is 12.7. The lowest BCUT2D eigenvalue weighted by molar-refractivity contribution is 0.221. The molecule has 0 N–H and O–H groups in total. The van der Waals surface area contributed by atoms with Gasteiger partial charge < -0.3 is 4.74 Å². The van der Waals surface area contributed by atoms with Crippen molar-refractivity contribution >= 4 is 0 Å². The van der Waals surface area contributed by atoms with E-state index in [0.717, 1.165) is 44.5 Å². The number of ether oxygens (including phenoxy) is 1. The van der Waals surface area contributed by atoms with Gasteiger partial charge in [-0.2, -0.15) is 0 Å². The molecule has 107 valence electrons. The van der Waals surface area contributed by atoms with Gasteiger partial charge in [-0.15, -0.1) is 0 Å². The minimum absolute atomic E-state index is 0.754. The molecule has 20 heavy (non-hydrogen) atoms. The Balaban J connectivity index is 1.92. The van der Waals surface area contributed by atoms with Crippen molar-refractivity contribution in [3.05, 3.63) is 65.3 Å². The lowest BCUT2D eigenvalue weighted by atomic mass is 9.89. The summed E-state index contributed by atoms with van der Waals surface area (Å²) in [5.74, 6) is 2.66. The SMILES string of the molecule is CCCC1=CC=C([C](CC)CCc2ccccc2)CO1.